The van der Waals surface area contributed by atoms with Gasteiger partial charge < -0.3 is 15.6 Å². The molecule has 2 aromatic rings. The first-order chi connectivity index (χ1) is 10.0. The van der Waals surface area contributed by atoms with Gasteiger partial charge in [0.15, 0.2) is 5.82 Å². The molecule has 0 aliphatic rings. The van der Waals surface area contributed by atoms with Crippen LogP contribution in [0.15, 0.2) is 24.3 Å². The van der Waals surface area contributed by atoms with Crippen LogP contribution in [0.1, 0.15) is 33.3 Å². The van der Waals surface area contributed by atoms with Crippen molar-refractivity contribution < 1.29 is 19.4 Å². The number of hydrogen-bond acceptors (Lipinski definition) is 6. The number of anilines is 1. The molecule has 1 aromatic carbocycles. The minimum absolute atomic E-state index is 0.0287. The van der Waals surface area contributed by atoms with Crippen molar-refractivity contribution >= 4 is 17.8 Å². The molecule has 2 rings (SSSR count). The number of carboxylic acid groups (broad SMARTS) is 1. The van der Waals surface area contributed by atoms with Gasteiger partial charge in [0.1, 0.15) is 0 Å². The molecule has 110 valence electrons. The van der Waals surface area contributed by atoms with E-state index in [1.165, 1.54) is 16.8 Å². The van der Waals surface area contributed by atoms with Crippen molar-refractivity contribution in [2.24, 2.45) is 0 Å². The van der Waals surface area contributed by atoms with Gasteiger partial charge in [-0.25, -0.2) is 14.3 Å². The number of rotatable bonds is 5. The van der Waals surface area contributed by atoms with Gasteiger partial charge in [0.25, 0.3) is 0 Å². The average Bonchev–Trinajstić information content (AvgIpc) is 2.81. The van der Waals surface area contributed by atoms with Gasteiger partial charge in [-0.15, -0.1) is 5.10 Å². The number of nitrogens with two attached hydrogens (primary N) is 1. The molecule has 3 N–H and O–H groups in total. The maximum absolute atomic E-state index is 11.6. The van der Waals surface area contributed by atoms with E-state index < -0.39 is 11.9 Å². The Bertz CT molecular complexity index is 663. The molecule has 1 aromatic heterocycles. The summed E-state index contributed by atoms with van der Waals surface area (Å²) in [6.45, 7) is 2.18. The van der Waals surface area contributed by atoms with Gasteiger partial charge in [0.2, 0.25) is 5.69 Å². The summed E-state index contributed by atoms with van der Waals surface area (Å²) in [5.41, 5.74) is 6.75. The van der Waals surface area contributed by atoms with Gasteiger partial charge in [-0.2, -0.15) is 0 Å². The van der Waals surface area contributed by atoms with E-state index >= 15 is 0 Å². The lowest BCUT2D eigenvalue weighted by Gasteiger charge is -2.04. The Kier molecular flexibility index (Phi) is 4.17. The summed E-state index contributed by atoms with van der Waals surface area (Å²) in [5, 5.41) is 16.3. The topological polar surface area (TPSA) is 120 Å². The van der Waals surface area contributed by atoms with Crippen molar-refractivity contribution in [3.8, 4) is 0 Å². The third-order valence-electron chi connectivity index (χ3n) is 2.78. The van der Waals surface area contributed by atoms with Crippen LogP contribution in [0.4, 0.5) is 5.82 Å². The zero-order chi connectivity index (χ0) is 15.4. The zero-order valence-corrected chi connectivity index (χ0v) is 11.3. The van der Waals surface area contributed by atoms with Gasteiger partial charge >= 0.3 is 11.9 Å². The van der Waals surface area contributed by atoms with Crippen molar-refractivity contribution in [1.29, 1.82) is 0 Å². The summed E-state index contributed by atoms with van der Waals surface area (Å²) in [7, 11) is 0. The molecular formula is C13H14N4O4. The SMILES string of the molecule is CCOC(=O)c1nnn(Cc2ccc(C(=O)O)cc2)c1N. The van der Waals surface area contributed by atoms with E-state index in [1.807, 2.05) is 0 Å². The van der Waals surface area contributed by atoms with Crippen LogP contribution in [-0.2, 0) is 11.3 Å². The number of aromatic carboxylic acids is 1. The molecule has 0 radical (unpaired) electrons. The summed E-state index contributed by atoms with van der Waals surface area (Å²) in [6.07, 6.45) is 0. The number of hydrogen-bond donors (Lipinski definition) is 2. The van der Waals surface area contributed by atoms with E-state index in [4.69, 9.17) is 15.6 Å². The summed E-state index contributed by atoms with van der Waals surface area (Å²) in [4.78, 5) is 22.3. The molecule has 0 saturated carbocycles. The van der Waals surface area contributed by atoms with Crippen molar-refractivity contribution in [3.05, 3.63) is 41.1 Å². The van der Waals surface area contributed by atoms with Gasteiger partial charge in [0.05, 0.1) is 18.7 Å². The second-order valence-electron chi connectivity index (χ2n) is 4.20. The van der Waals surface area contributed by atoms with E-state index in [9.17, 15) is 9.59 Å². The number of nitrogen functional groups attached to an aromatic ring is 1. The first-order valence-corrected chi connectivity index (χ1v) is 6.21. The number of nitrogens with zero attached hydrogens (tertiary/aromatic N) is 3. The van der Waals surface area contributed by atoms with Crippen LogP contribution in [0.3, 0.4) is 0 Å². The van der Waals surface area contributed by atoms with Crippen molar-refractivity contribution in [3.63, 3.8) is 0 Å². The van der Waals surface area contributed by atoms with E-state index in [0.717, 1.165) is 5.56 Å². The number of benzene rings is 1. The van der Waals surface area contributed by atoms with Crippen LogP contribution in [-0.4, -0.2) is 38.6 Å². The fourth-order valence-electron chi connectivity index (χ4n) is 1.71. The second-order valence-corrected chi connectivity index (χ2v) is 4.20. The van der Waals surface area contributed by atoms with Gasteiger partial charge in [0, 0.05) is 0 Å². The lowest BCUT2D eigenvalue weighted by Crippen LogP contribution is -2.11. The van der Waals surface area contributed by atoms with Crippen LogP contribution < -0.4 is 5.73 Å². The number of carbonyl (C=O) groups excluding carboxylic acids is 1. The number of aromatic nitrogens is 3. The van der Waals surface area contributed by atoms with E-state index in [1.54, 1.807) is 19.1 Å². The third-order valence-corrected chi connectivity index (χ3v) is 2.78. The van der Waals surface area contributed by atoms with Crippen molar-refractivity contribution in [1.82, 2.24) is 15.0 Å². The second kappa shape index (κ2) is 6.04. The van der Waals surface area contributed by atoms with E-state index in [-0.39, 0.29) is 30.2 Å². The molecule has 0 amide bonds. The highest BCUT2D eigenvalue weighted by atomic mass is 16.5. The summed E-state index contributed by atoms with van der Waals surface area (Å²) in [6, 6.07) is 6.26. The Balaban J connectivity index is 2.16. The number of esters is 1. The predicted molar refractivity (Wildman–Crippen MR) is 72.9 cm³/mol. The Morgan fingerprint density at radius 3 is 2.57 bits per heavy atom. The smallest absolute Gasteiger partial charge is 0.362 e. The Labute approximate surface area is 120 Å². The van der Waals surface area contributed by atoms with E-state index in [0.29, 0.717) is 0 Å². The normalized spacial score (nSPS) is 10.3. The molecule has 8 nitrogen and oxygen atoms in total. The maximum atomic E-state index is 11.6. The highest BCUT2D eigenvalue weighted by molar-refractivity contribution is 5.91. The molecule has 0 fully saturated rings. The molecule has 0 unspecified atom stereocenters. The summed E-state index contributed by atoms with van der Waals surface area (Å²) in [5.74, 6) is -1.51. The number of carbonyl (C=O) groups is 2. The minimum Gasteiger partial charge on any atom is -0.478 e. The Morgan fingerprint density at radius 2 is 2.00 bits per heavy atom. The summed E-state index contributed by atoms with van der Waals surface area (Å²) >= 11 is 0. The molecule has 21 heavy (non-hydrogen) atoms. The Morgan fingerprint density at radius 1 is 1.33 bits per heavy atom. The van der Waals surface area contributed by atoms with Crippen LogP contribution in [0, 0.1) is 0 Å². The maximum Gasteiger partial charge on any atom is 0.362 e. The molecule has 0 aliphatic carbocycles. The van der Waals surface area contributed by atoms with E-state index in [2.05, 4.69) is 10.3 Å². The first-order valence-electron chi connectivity index (χ1n) is 6.21. The quantitative estimate of drug-likeness (QED) is 0.780. The largest absolute Gasteiger partial charge is 0.478 e. The highest BCUT2D eigenvalue weighted by Gasteiger charge is 2.18. The zero-order valence-electron chi connectivity index (χ0n) is 11.3. The third kappa shape index (κ3) is 3.16. The fraction of sp³-hybridized carbons (Fsp3) is 0.231. The van der Waals surface area contributed by atoms with Crippen molar-refractivity contribution in [2.45, 2.75) is 13.5 Å². The van der Waals surface area contributed by atoms with Crippen LogP contribution in [0.2, 0.25) is 0 Å². The standard InChI is InChI=1S/C13H14N4O4/c1-2-21-13(20)10-11(14)17(16-15-10)7-8-3-5-9(6-4-8)12(18)19/h3-6H,2,7,14H2,1H3,(H,18,19). The molecule has 0 atom stereocenters. The lowest BCUT2D eigenvalue weighted by molar-refractivity contribution is 0.0520. The number of carboxylic acids is 1. The first kappa shape index (κ1) is 14.5. The Hall–Kier alpha value is -2.90. The molecule has 0 spiro atoms. The van der Waals surface area contributed by atoms with Crippen LogP contribution in [0.25, 0.3) is 0 Å². The molecule has 1 heterocycles. The van der Waals surface area contributed by atoms with Gasteiger partial charge in [-0.05, 0) is 24.6 Å². The molecular weight excluding hydrogens is 276 g/mol. The van der Waals surface area contributed by atoms with Crippen molar-refractivity contribution in [2.75, 3.05) is 12.3 Å². The predicted octanol–water partition coefficient (Wildman–Crippen LogP) is 0.783. The summed E-state index contributed by atoms with van der Waals surface area (Å²) < 4.78 is 6.16. The van der Waals surface area contributed by atoms with Crippen LogP contribution in [0.5, 0.6) is 0 Å². The fourth-order valence-corrected chi connectivity index (χ4v) is 1.71. The monoisotopic (exact) mass is 290 g/mol. The molecule has 8 heteroatoms. The molecule has 0 bridgehead atoms. The van der Waals surface area contributed by atoms with Crippen LogP contribution >= 0.6 is 0 Å². The minimum atomic E-state index is -0.994. The van der Waals surface area contributed by atoms with Gasteiger partial charge in [-0.3, -0.25) is 0 Å². The number of ether oxygens (including phenoxy) is 1. The average molecular weight is 290 g/mol. The molecule has 0 aliphatic heterocycles. The molecule has 0 saturated heterocycles. The van der Waals surface area contributed by atoms with Gasteiger partial charge in [-0.1, -0.05) is 17.3 Å². The lowest BCUT2D eigenvalue weighted by atomic mass is 10.1. The highest BCUT2D eigenvalue weighted by Crippen LogP contribution is 2.12.